The number of hydrogen-bond acceptors (Lipinski definition) is 3. The lowest BCUT2D eigenvalue weighted by Gasteiger charge is -2.26. The Bertz CT molecular complexity index is 778. The molecule has 1 N–H and O–H groups in total. The highest BCUT2D eigenvalue weighted by atomic mass is 16.5. The van der Waals surface area contributed by atoms with Crippen molar-refractivity contribution in [3.05, 3.63) is 65.2 Å². The van der Waals surface area contributed by atoms with E-state index in [1.807, 2.05) is 60.4 Å². The molecule has 0 saturated carbocycles. The molecule has 1 fully saturated rings. The van der Waals surface area contributed by atoms with E-state index in [-0.39, 0.29) is 11.8 Å². The van der Waals surface area contributed by atoms with Crippen LogP contribution in [0.3, 0.4) is 0 Å². The van der Waals surface area contributed by atoms with Gasteiger partial charge in [0.15, 0.2) is 0 Å². The SMILES string of the molecule is Cc1ccc(OCCC(=O)NCc2ccc(C(=O)N3CCCCC3)cc2)cc1. The number of amides is 2. The zero-order valence-corrected chi connectivity index (χ0v) is 16.4. The fourth-order valence-electron chi connectivity index (χ4n) is 3.23. The Morgan fingerprint density at radius 3 is 2.32 bits per heavy atom. The fourth-order valence-corrected chi connectivity index (χ4v) is 3.23. The Morgan fingerprint density at radius 1 is 0.964 bits per heavy atom. The minimum Gasteiger partial charge on any atom is -0.493 e. The summed E-state index contributed by atoms with van der Waals surface area (Å²) in [6.45, 7) is 4.51. The largest absolute Gasteiger partial charge is 0.493 e. The molecule has 0 atom stereocenters. The molecule has 1 saturated heterocycles. The Kier molecular flexibility index (Phi) is 7.06. The van der Waals surface area contributed by atoms with Gasteiger partial charge in [-0.15, -0.1) is 0 Å². The summed E-state index contributed by atoms with van der Waals surface area (Å²) < 4.78 is 5.58. The molecule has 1 heterocycles. The summed E-state index contributed by atoms with van der Waals surface area (Å²) in [5.41, 5.74) is 2.86. The minimum absolute atomic E-state index is 0.0550. The molecule has 1 aliphatic heterocycles. The van der Waals surface area contributed by atoms with Crippen LogP contribution in [0.2, 0.25) is 0 Å². The summed E-state index contributed by atoms with van der Waals surface area (Å²) >= 11 is 0. The number of likely N-dealkylation sites (tertiary alicyclic amines) is 1. The van der Waals surface area contributed by atoms with Gasteiger partial charge in [0.1, 0.15) is 5.75 Å². The van der Waals surface area contributed by atoms with Crippen LogP contribution in [0.5, 0.6) is 5.75 Å². The van der Waals surface area contributed by atoms with Crippen molar-refractivity contribution >= 4 is 11.8 Å². The van der Waals surface area contributed by atoms with Crippen LogP contribution in [0.15, 0.2) is 48.5 Å². The first-order valence-corrected chi connectivity index (χ1v) is 9.96. The summed E-state index contributed by atoms with van der Waals surface area (Å²) in [5.74, 6) is 0.816. The van der Waals surface area contributed by atoms with Crippen LogP contribution in [0.1, 0.15) is 47.2 Å². The van der Waals surface area contributed by atoms with Crippen molar-refractivity contribution in [2.24, 2.45) is 0 Å². The monoisotopic (exact) mass is 380 g/mol. The van der Waals surface area contributed by atoms with Crippen LogP contribution in [0.4, 0.5) is 0 Å². The molecule has 0 spiro atoms. The molecule has 2 amide bonds. The molecule has 0 bridgehead atoms. The Balaban J connectivity index is 1.39. The van der Waals surface area contributed by atoms with Gasteiger partial charge in [-0.05, 0) is 56.0 Å². The first-order valence-electron chi connectivity index (χ1n) is 9.96. The maximum atomic E-state index is 12.5. The highest BCUT2D eigenvalue weighted by Crippen LogP contribution is 2.14. The standard InChI is InChI=1S/C23H28N2O3/c1-18-5-11-21(12-6-18)28-16-13-22(26)24-17-19-7-9-20(10-8-19)23(27)25-14-3-2-4-15-25/h5-12H,2-4,13-17H2,1H3,(H,24,26). The van der Waals surface area contributed by atoms with Crippen molar-refractivity contribution in [3.8, 4) is 5.75 Å². The van der Waals surface area contributed by atoms with E-state index in [2.05, 4.69) is 5.32 Å². The number of carbonyl (C=O) groups is 2. The van der Waals surface area contributed by atoms with E-state index in [4.69, 9.17) is 4.74 Å². The molecule has 0 aromatic heterocycles. The number of piperidine rings is 1. The van der Waals surface area contributed by atoms with Gasteiger partial charge in [-0.3, -0.25) is 9.59 Å². The van der Waals surface area contributed by atoms with Crippen LogP contribution in [-0.4, -0.2) is 36.4 Å². The van der Waals surface area contributed by atoms with E-state index in [9.17, 15) is 9.59 Å². The van der Waals surface area contributed by atoms with Crippen LogP contribution in [-0.2, 0) is 11.3 Å². The number of hydrogen-bond donors (Lipinski definition) is 1. The summed E-state index contributed by atoms with van der Waals surface area (Å²) in [4.78, 5) is 26.4. The van der Waals surface area contributed by atoms with E-state index in [1.54, 1.807) is 0 Å². The first kappa shape index (κ1) is 19.9. The molecule has 0 aliphatic carbocycles. The number of benzene rings is 2. The van der Waals surface area contributed by atoms with Gasteiger partial charge in [0.05, 0.1) is 13.0 Å². The third-order valence-electron chi connectivity index (χ3n) is 4.95. The van der Waals surface area contributed by atoms with Crippen molar-refractivity contribution in [1.29, 1.82) is 0 Å². The van der Waals surface area contributed by atoms with Crippen molar-refractivity contribution in [1.82, 2.24) is 10.2 Å². The highest BCUT2D eigenvalue weighted by Gasteiger charge is 2.17. The third-order valence-corrected chi connectivity index (χ3v) is 4.95. The van der Waals surface area contributed by atoms with Crippen molar-refractivity contribution in [2.75, 3.05) is 19.7 Å². The topological polar surface area (TPSA) is 58.6 Å². The van der Waals surface area contributed by atoms with Gasteiger partial charge in [0.2, 0.25) is 5.91 Å². The van der Waals surface area contributed by atoms with E-state index in [1.165, 1.54) is 12.0 Å². The lowest BCUT2D eigenvalue weighted by atomic mass is 10.1. The van der Waals surface area contributed by atoms with Gasteiger partial charge in [-0.1, -0.05) is 29.8 Å². The molecular weight excluding hydrogens is 352 g/mol. The van der Waals surface area contributed by atoms with Crippen LogP contribution < -0.4 is 10.1 Å². The molecule has 3 rings (SSSR count). The molecule has 5 nitrogen and oxygen atoms in total. The Morgan fingerprint density at radius 2 is 1.64 bits per heavy atom. The van der Waals surface area contributed by atoms with Crippen LogP contribution >= 0.6 is 0 Å². The van der Waals surface area contributed by atoms with Crippen molar-refractivity contribution in [2.45, 2.75) is 39.2 Å². The zero-order valence-electron chi connectivity index (χ0n) is 16.4. The van der Waals surface area contributed by atoms with Gasteiger partial charge in [-0.2, -0.15) is 0 Å². The number of aryl methyl sites for hydroxylation is 1. The second kappa shape index (κ2) is 9.93. The van der Waals surface area contributed by atoms with Gasteiger partial charge < -0.3 is 15.0 Å². The van der Waals surface area contributed by atoms with E-state index >= 15 is 0 Å². The third kappa shape index (κ3) is 5.84. The second-order valence-electron chi connectivity index (χ2n) is 7.24. The van der Waals surface area contributed by atoms with Gasteiger partial charge in [0, 0.05) is 25.2 Å². The number of rotatable bonds is 7. The number of nitrogens with one attached hydrogen (secondary N) is 1. The van der Waals surface area contributed by atoms with Gasteiger partial charge >= 0.3 is 0 Å². The molecular formula is C23H28N2O3. The van der Waals surface area contributed by atoms with Crippen LogP contribution in [0.25, 0.3) is 0 Å². The fraction of sp³-hybridized carbons (Fsp3) is 0.391. The summed E-state index contributed by atoms with van der Waals surface area (Å²) in [6.07, 6.45) is 3.69. The lowest BCUT2D eigenvalue weighted by Crippen LogP contribution is -2.35. The lowest BCUT2D eigenvalue weighted by molar-refractivity contribution is -0.121. The summed E-state index contributed by atoms with van der Waals surface area (Å²) in [7, 11) is 0. The van der Waals surface area contributed by atoms with Gasteiger partial charge in [-0.25, -0.2) is 0 Å². The molecule has 0 unspecified atom stereocenters. The number of ether oxygens (including phenoxy) is 1. The second-order valence-corrected chi connectivity index (χ2v) is 7.24. The molecule has 148 valence electrons. The normalized spacial score (nSPS) is 13.8. The predicted molar refractivity (Wildman–Crippen MR) is 109 cm³/mol. The maximum Gasteiger partial charge on any atom is 0.253 e. The smallest absolute Gasteiger partial charge is 0.253 e. The highest BCUT2D eigenvalue weighted by molar-refractivity contribution is 5.94. The predicted octanol–water partition coefficient (Wildman–Crippen LogP) is 3.71. The first-order chi connectivity index (χ1) is 13.6. The zero-order chi connectivity index (χ0) is 19.8. The Labute approximate surface area is 166 Å². The van der Waals surface area contributed by atoms with Crippen LogP contribution in [0, 0.1) is 6.92 Å². The average Bonchev–Trinajstić information content (AvgIpc) is 2.74. The van der Waals surface area contributed by atoms with Crippen molar-refractivity contribution in [3.63, 3.8) is 0 Å². The van der Waals surface area contributed by atoms with E-state index < -0.39 is 0 Å². The molecule has 2 aromatic carbocycles. The number of nitrogens with zero attached hydrogens (tertiary/aromatic N) is 1. The average molecular weight is 380 g/mol. The Hall–Kier alpha value is -2.82. The quantitative estimate of drug-likeness (QED) is 0.797. The summed E-state index contributed by atoms with van der Waals surface area (Å²) in [5, 5.41) is 2.89. The summed E-state index contributed by atoms with van der Waals surface area (Å²) in [6, 6.07) is 15.3. The molecule has 1 aliphatic rings. The molecule has 0 radical (unpaired) electrons. The van der Waals surface area contributed by atoms with E-state index in [0.717, 1.165) is 37.2 Å². The molecule has 5 heteroatoms. The molecule has 28 heavy (non-hydrogen) atoms. The molecule has 2 aromatic rings. The van der Waals surface area contributed by atoms with Gasteiger partial charge in [0.25, 0.3) is 5.91 Å². The number of carbonyl (C=O) groups excluding carboxylic acids is 2. The minimum atomic E-state index is -0.0550. The van der Waals surface area contributed by atoms with E-state index in [0.29, 0.717) is 25.1 Å². The van der Waals surface area contributed by atoms with Crippen molar-refractivity contribution < 1.29 is 14.3 Å². The maximum absolute atomic E-state index is 12.5.